The molecule has 3 heterocycles. The monoisotopic (exact) mass is 348 g/mol. The van der Waals surface area contributed by atoms with Gasteiger partial charge in [0.15, 0.2) is 0 Å². The Bertz CT molecular complexity index is 669. The number of aryl methyl sites for hydroxylation is 1. The van der Waals surface area contributed by atoms with Crippen molar-refractivity contribution in [1.29, 1.82) is 0 Å². The summed E-state index contributed by atoms with van der Waals surface area (Å²) in [5.41, 5.74) is 0.508. The number of likely N-dealkylation sites (tertiary alicyclic amines) is 2. The molecule has 24 heavy (non-hydrogen) atoms. The number of fused-ring (bicyclic) bond motifs is 1. The van der Waals surface area contributed by atoms with Gasteiger partial charge >= 0.3 is 5.97 Å². The third-order valence-corrected chi connectivity index (χ3v) is 7.21. The average Bonchev–Trinajstić information content (AvgIpc) is 3.10. The second kappa shape index (κ2) is 5.85. The Morgan fingerprint density at radius 1 is 1.33 bits per heavy atom. The lowest BCUT2D eigenvalue weighted by Crippen LogP contribution is -2.44. The Labute approximate surface area is 146 Å². The number of hydrogen-bond acceptors (Lipinski definition) is 4. The van der Waals surface area contributed by atoms with Crippen LogP contribution in [0.25, 0.3) is 0 Å². The number of carbonyl (C=O) groups is 2. The smallest absolute Gasteiger partial charge is 0.313 e. The second-order valence-corrected chi connectivity index (χ2v) is 8.70. The summed E-state index contributed by atoms with van der Waals surface area (Å²) in [5.74, 6) is -0.336. The Hall–Kier alpha value is -1.40. The van der Waals surface area contributed by atoms with Crippen LogP contribution in [0.2, 0.25) is 0 Å². The van der Waals surface area contributed by atoms with Crippen LogP contribution in [0.1, 0.15) is 29.7 Å². The first-order chi connectivity index (χ1) is 11.5. The Morgan fingerprint density at radius 2 is 2.12 bits per heavy atom. The fraction of sp³-hybridized carbons (Fsp3) is 0.667. The van der Waals surface area contributed by atoms with Gasteiger partial charge in [-0.25, -0.2) is 0 Å². The van der Waals surface area contributed by atoms with Crippen molar-refractivity contribution >= 4 is 23.2 Å². The van der Waals surface area contributed by atoms with Crippen molar-refractivity contribution in [2.75, 3.05) is 26.2 Å². The highest BCUT2D eigenvalue weighted by molar-refractivity contribution is 7.10. The van der Waals surface area contributed by atoms with Gasteiger partial charge in [0, 0.05) is 49.4 Å². The maximum Gasteiger partial charge on any atom is 0.313 e. The van der Waals surface area contributed by atoms with Crippen LogP contribution in [0.4, 0.5) is 0 Å². The fourth-order valence-corrected chi connectivity index (χ4v) is 5.39. The van der Waals surface area contributed by atoms with Crippen LogP contribution < -0.4 is 0 Å². The minimum Gasteiger partial charge on any atom is -0.481 e. The van der Waals surface area contributed by atoms with Gasteiger partial charge in [-0.05, 0) is 36.8 Å². The number of hydrogen-bond donors (Lipinski definition) is 1. The molecule has 0 aromatic carbocycles. The van der Waals surface area contributed by atoms with E-state index in [9.17, 15) is 14.7 Å². The van der Waals surface area contributed by atoms with Crippen LogP contribution in [0.3, 0.4) is 0 Å². The maximum atomic E-state index is 12.5. The molecule has 3 aliphatic rings. The first-order valence-electron chi connectivity index (χ1n) is 8.77. The van der Waals surface area contributed by atoms with Gasteiger partial charge in [-0.15, -0.1) is 11.3 Å². The van der Waals surface area contributed by atoms with Crippen molar-refractivity contribution in [3.63, 3.8) is 0 Å². The molecule has 5 nitrogen and oxygen atoms in total. The molecule has 0 bridgehead atoms. The molecule has 2 aliphatic heterocycles. The lowest BCUT2D eigenvalue weighted by Gasteiger charge is -2.31. The summed E-state index contributed by atoms with van der Waals surface area (Å²) in [6.07, 6.45) is 3.08. The molecule has 1 N–H and O–H groups in total. The quantitative estimate of drug-likeness (QED) is 0.906. The van der Waals surface area contributed by atoms with Crippen LogP contribution in [-0.2, 0) is 16.1 Å². The molecule has 1 aromatic rings. The van der Waals surface area contributed by atoms with Crippen molar-refractivity contribution in [3.8, 4) is 0 Å². The number of thiophene rings is 1. The third-order valence-electron chi connectivity index (χ3n) is 6.21. The minimum absolute atomic E-state index is 0.0549. The molecule has 6 heteroatoms. The van der Waals surface area contributed by atoms with Crippen molar-refractivity contribution in [2.24, 2.45) is 17.3 Å². The third kappa shape index (κ3) is 2.47. The van der Waals surface area contributed by atoms with E-state index in [1.54, 1.807) is 11.3 Å². The number of carboxylic acid groups (broad SMARTS) is 1. The van der Waals surface area contributed by atoms with Crippen molar-refractivity contribution in [2.45, 2.75) is 32.7 Å². The first kappa shape index (κ1) is 16.1. The van der Waals surface area contributed by atoms with Gasteiger partial charge in [-0.1, -0.05) is 6.42 Å². The van der Waals surface area contributed by atoms with Gasteiger partial charge in [0.25, 0.3) is 0 Å². The molecular weight excluding hydrogens is 324 g/mol. The molecular formula is C18H24N2O3S. The van der Waals surface area contributed by atoms with E-state index < -0.39 is 11.4 Å². The van der Waals surface area contributed by atoms with E-state index in [1.165, 1.54) is 10.4 Å². The highest BCUT2D eigenvalue weighted by atomic mass is 32.1. The van der Waals surface area contributed by atoms with Crippen LogP contribution >= 0.6 is 11.3 Å². The molecule has 0 unspecified atom stereocenters. The Morgan fingerprint density at radius 3 is 2.67 bits per heavy atom. The maximum absolute atomic E-state index is 12.5. The zero-order chi connectivity index (χ0) is 16.9. The predicted molar refractivity (Wildman–Crippen MR) is 91.8 cm³/mol. The van der Waals surface area contributed by atoms with Gasteiger partial charge in [-0.2, -0.15) is 0 Å². The standard InChI is InChI=1S/C18H24N2O3S/c1-12-5-6-24-15(12)9-19-7-14-8-20(16(21)13-3-2-4-13)11-18(14,10-19)17(22)23/h5-6,13-14H,2-4,7-11H2,1H3,(H,22,23)/t14-,18-/m0/s1. The molecule has 1 saturated carbocycles. The van der Waals surface area contributed by atoms with E-state index in [4.69, 9.17) is 0 Å². The largest absolute Gasteiger partial charge is 0.481 e. The van der Waals surface area contributed by atoms with Crippen molar-refractivity contribution in [1.82, 2.24) is 9.80 Å². The van der Waals surface area contributed by atoms with E-state index in [-0.39, 0.29) is 17.7 Å². The van der Waals surface area contributed by atoms with Gasteiger partial charge in [0.2, 0.25) is 5.91 Å². The predicted octanol–water partition coefficient (Wildman–Crippen LogP) is 2.20. The van der Waals surface area contributed by atoms with Crippen LogP contribution in [-0.4, -0.2) is 53.0 Å². The molecule has 0 spiro atoms. The van der Waals surface area contributed by atoms with E-state index >= 15 is 0 Å². The SMILES string of the molecule is Cc1ccsc1CN1C[C@H]2CN(C(=O)C3CCC3)C[C@@]2(C(=O)O)C1. The molecule has 1 amide bonds. The van der Waals surface area contributed by atoms with Crippen molar-refractivity contribution in [3.05, 3.63) is 21.9 Å². The lowest BCUT2D eigenvalue weighted by atomic mass is 9.81. The highest BCUT2D eigenvalue weighted by Crippen LogP contribution is 2.44. The second-order valence-electron chi connectivity index (χ2n) is 7.70. The summed E-state index contributed by atoms with van der Waals surface area (Å²) >= 11 is 1.74. The summed E-state index contributed by atoms with van der Waals surface area (Å²) in [4.78, 5) is 30.0. The molecule has 1 aliphatic carbocycles. The zero-order valence-corrected chi connectivity index (χ0v) is 14.8. The fourth-order valence-electron chi connectivity index (χ4n) is 4.44. The molecule has 0 radical (unpaired) electrons. The van der Waals surface area contributed by atoms with Crippen LogP contribution in [0.5, 0.6) is 0 Å². The number of amides is 1. The summed E-state index contributed by atoms with van der Waals surface area (Å²) in [6, 6.07) is 2.11. The summed E-state index contributed by atoms with van der Waals surface area (Å²) in [6.45, 7) is 5.26. The first-order valence-corrected chi connectivity index (χ1v) is 9.65. The summed E-state index contributed by atoms with van der Waals surface area (Å²) < 4.78 is 0. The Kier molecular flexibility index (Phi) is 3.92. The normalized spacial score (nSPS) is 30.4. The van der Waals surface area contributed by atoms with E-state index in [0.29, 0.717) is 19.6 Å². The average molecular weight is 348 g/mol. The Balaban J connectivity index is 1.48. The molecule has 2 atom stereocenters. The van der Waals surface area contributed by atoms with Gasteiger partial charge < -0.3 is 10.0 Å². The molecule has 3 fully saturated rings. The van der Waals surface area contributed by atoms with Gasteiger partial charge in [0.1, 0.15) is 5.41 Å². The van der Waals surface area contributed by atoms with E-state index in [2.05, 4.69) is 23.3 Å². The van der Waals surface area contributed by atoms with Crippen LogP contribution in [0, 0.1) is 24.2 Å². The molecule has 130 valence electrons. The molecule has 1 aromatic heterocycles. The minimum atomic E-state index is -0.773. The van der Waals surface area contributed by atoms with Gasteiger partial charge in [-0.3, -0.25) is 14.5 Å². The topological polar surface area (TPSA) is 60.9 Å². The number of aliphatic carboxylic acids is 1. The van der Waals surface area contributed by atoms with Gasteiger partial charge in [0.05, 0.1) is 0 Å². The number of nitrogens with zero attached hydrogens (tertiary/aromatic N) is 2. The molecule has 2 saturated heterocycles. The van der Waals surface area contributed by atoms with Crippen LogP contribution in [0.15, 0.2) is 11.4 Å². The number of carboxylic acids is 1. The van der Waals surface area contributed by atoms with E-state index in [1.807, 2.05) is 4.90 Å². The number of carbonyl (C=O) groups excluding carboxylic acids is 1. The highest BCUT2D eigenvalue weighted by Gasteiger charge is 2.58. The number of rotatable bonds is 4. The van der Waals surface area contributed by atoms with Crippen molar-refractivity contribution < 1.29 is 14.7 Å². The lowest BCUT2D eigenvalue weighted by molar-refractivity contribution is -0.149. The molecule has 4 rings (SSSR count). The van der Waals surface area contributed by atoms with E-state index in [0.717, 1.165) is 32.4 Å². The summed E-state index contributed by atoms with van der Waals surface area (Å²) in [5, 5.41) is 12.0. The summed E-state index contributed by atoms with van der Waals surface area (Å²) in [7, 11) is 0. The zero-order valence-electron chi connectivity index (χ0n) is 14.0.